The monoisotopic (exact) mass is 285 g/mol. The number of nitrogens with zero attached hydrogens (tertiary/aromatic N) is 4. The fourth-order valence-electron chi connectivity index (χ4n) is 1.95. The van der Waals surface area contributed by atoms with Crippen LogP contribution in [0.3, 0.4) is 0 Å². The Kier molecular flexibility index (Phi) is 3.88. The van der Waals surface area contributed by atoms with Gasteiger partial charge in [-0.2, -0.15) is 0 Å². The quantitative estimate of drug-likeness (QED) is 0.286. The highest BCUT2D eigenvalue weighted by atomic mass is 16.6. The van der Waals surface area contributed by atoms with E-state index in [0.29, 0.717) is 4.57 Å². The van der Waals surface area contributed by atoms with Crippen LogP contribution in [0.25, 0.3) is 10.4 Å². The molecule has 0 aliphatic carbocycles. The van der Waals surface area contributed by atoms with Gasteiger partial charge in [0.05, 0.1) is 6.61 Å². The van der Waals surface area contributed by atoms with Crippen molar-refractivity contribution in [3.8, 4) is 0 Å². The van der Waals surface area contributed by atoms with Gasteiger partial charge in [-0.3, -0.25) is 14.3 Å². The molecule has 0 saturated carbocycles. The zero-order valence-electron chi connectivity index (χ0n) is 9.95. The fraction of sp³-hybridized carbons (Fsp3) is 0.556. The van der Waals surface area contributed by atoms with E-state index in [-0.39, 0.29) is 5.82 Å². The van der Waals surface area contributed by atoms with Gasteiger partial charge in [-0.05, 0) is 10.6 Å². The minimum absolute atomic E-state index is 0.379. The van der Waals surface area contributed by atoms with Crippen molar-refractivity contribution in [2.45, 2.75) is 24.5 Å². The van der Waals surface area contributed by atoms with E-state index in [1.807, 2.05) is 4.98 Å². The van der Waals surface area contributed by atoms with Gasteiger partial charge >= 0.3 is 5.69 Å². The van der Waals surface area contributed by atoms with E-state index in [9.17, 15) is 19.8 Å². The largest absolute Gasteiger partial charge is 0.394 e. The average molecular weight is 285 g/mol. The topological polar surface area (TPSA) is 174 Å². The highest BCUT2D eigenvalue weighted by Crippen LogP contribution is 2.30. The molecule has 0 spiro atoms. The molecule has 1 aliphatic heterocycles. The predicted molar refractivity (Wildman–Crippen MR) is 63.1 cm³/mol. The van der Waals surface area contributed by atoms with Crippen molar-refractivity contribution in [2.24, 2.45) is 5.11 Å². The van der Waals surface area contributed by atoms with Crippen LogP contribution in [-0.2, 0) is 4.74 Å². The molecule has 11 nitrogen and oxygen atoms in total. The highest BCUT2D eigenvalue weighted by Gasteiger charge is 2.44. The summed E-state index contributed by atoms with van der Waals surface area (Å²) in [6, 6.07) is 0.843. The number of aromatic amines is 1. The van der Waals surface area contributed by atoms with Gasteiger partial charge in [0.25, 0.3) is 5.56 Å². The Morgan fingerprint density at radius 2 is 2.15 bits per heavy atom. The van der Waals surface area contributed by atoms with Crippen molar-refractivity contribution in [1.29, 1.82) is 0 Å². The molecule has 2 unspecified atom stereocenters. The molecule has 4 atom stereocenters. The second-order valence-electron chi connectivity index (χ2n) is 4.09. The Balaban J connectivity index is 2.56. The SMILES string of the molecule is [N-]=[N+]=Nc1cc(=O)[nH]c(=O)n1[C@H]1O[C@@H](CO)C(O)C1O. The van der Waals surface area contributed by atoms with Gasteiger partial charge in [0.15, 0.2) is 6.23 Å². The summed E-state index contributed by atoms with van der Waals surface area (Å²) in [5.41, 5.74) is 6.65. The summed E-state index contributed by atoms with van der Waals surface area (Å²) in [6.07, 6.45) is -5.47. The standard InChI is InChI=1S/C9H11N5O6/c10-13-12-4-1-5(16)11-9(19)14(4)8-7(18)6(17)3(2-15)20-8/h1,3,6-8,15,17-18H,2H2,(H,11,16,19)/t3-,6?,7?,8-/m0/s1. The van der Waals surface area contributed by atoms with E-state index in [1.54, 1.807) is 0 Å². The molecule has 20 heavy (non-hydrogen) atoms. The summed E-state index contributed by atoms with van der Waals surface area (Å²) < 4.78 is 5.84. The maximum absolute atomic E-state index is 11.8. The number of hydrogen-bond donors (Lipinski definition) is 4. The molecular formula is C9H11N5O6. The lowest BCUT2D eigenvalue weighted by molar-refractivity contribution is -0.0541. The van der Waals surface area contributed by atoms with Crippen LogP contribution in [0.2, 0.25) is 0 Å². The number of aliphatic hydroxyl groups is 3. The van der Waals surface area contributed by atoms with E-state index in [0.717, 1.165) is 6.07 Å². The molecule has 1 aromatic rings. The van der Waals surface area contributed by atoms with Crippen molar-refractivity contribution < 1.29 is 20.1 Å². The number of aromatic nitrogens is 2. The molecule has 1 aromatic heterocycles. The molecule has 11 heteroatoms. The van der Waals surface area contributed by atoms with E-state index in [1.165, 1.54) is 0 Å². The van der Waals surface area contributed by atoms with Crippen molar-refractivity contribution in [1.82, 2.24) is 9.55 Å². The third-order valence-electron chi connectivity index (χ3n) is 2.87. The molecule has 1 saturated heterocycles. The minimum atomic E-state index is -1.54. The number of rotatable bonds is 3. The van der Waals surface area contributed by atoms with Crippen molar-refractivity contribution in [2.75, 3.05) is 6.61 Å². The van der Waals surface area contributed by atoms with Crippen LogP contribution >= 0.6 is 0 Å². The van der Waals surface area contributed by atoms with Gasteiger partial charge in [-0.15, -0.1) is 0 Å². The number of H-pyrrole nitrogens is 1. The number of aliphatic hydroxyl groups excluding tert-OH is 3. The summed E-state index contributed by atoms with van der Waals surface area (Å²) in [7, 11) is 0. The van der Waals surface area contributed by atoms with Crippen LogP contribution in [0.1, 0.15) is 6.23 Å². The second kappa shape index (κ2) is 5.45. The van der Waals surface area contributed by atoms with E-state index in [4.69, 9.17) is 15.4 Å². The van der Waals surface area contributed by atoms with Gasteiger partial charge in [0.2, 0.25) is 0 Å². The van der Waals surface area contributed by atoms with Gasteiger partial charge in [0, 0.05) is 11.0 Å². The van der Waals surface area contributed by atoms with Crippen LogP contribution in [0.4, 0.5) is 5.82 Å². The molecule has 108 valence electrons. The maximum atomic E-state index is 11.8. The zero-order valence-corrected chi connectivity index (χ0v) is 9.95. The summed E-state index contributed by atoms with van der Waals surface area (Å²) in [6.45, 7) is -0.580. The Bertz CT molecular complexity index is 662. The molecule has 2 heterocycles. The Morgan fingerprint density at radius 1 is 1.45 bits per heavy atom. The van der Waals surface area contributed by atoms with Crippen molar-refractivity contribution in [3.63, 3.8) is 0 Å². The van der Waals surface area contributed by atoms with E-state index >= 15 is 0 Å². The number of azide groups is 1. The lowest BCUT2D eigenvalue weighted by Gasteiger charge is -2.18. The third-order valence-corrected chi connectivity index (χ3v) is 2.87. The van der Waals surface area contributed by atoms with E-state index in [2.05, 4.69) is 10.0 Å². The smallest absolute Gasteiger partial charge is 0.330 e. The first-order valence-corrected chi connectivity index (χ1v) is 5.53. The molecular weight excluding hydrogens is 274 g/mol. The number of nitrogens with one attached hydrogen (secondary N) is 1. The maximum Gasteiger partial charge on any atom is 0.330 e. The molecule has 0 radical (unpaired) electrons. The molecule has 0 bridgehead atoms. The average Bonchev–Trinajstić information content (AvgIpc) is 2.66. The lowest BCUT2D eigenvalue weighted by atomic mass is 10.1. The van der Waals surface area contributed by atoms with Crippen LogP contribution in [0.15, 0.2) is 20.8 Å². The van der Waals surface area contributed by atoms with E-state index < -0.39 is 42.4 Å². The summed E-state index contributed by atoms with van der Waals surface area (Å²) in [4.78, 5) is 27.3. The normalized spacial score (nSPS) is 29.1. The molecule has 1 aliphatic rings. The lowest BCUT2D eigenvalue weighted by Crippen LogP contribution is -2.37. The summed E-state index contributed by atoms with van der Waals surface area (Å²) >= 11 is 0. The first kappa shape index (κ1) is 14.2. The van der Waals surface area contributed by atoms with Gasteiger partial charge in [-0.25, -0.2) is 4.79 Å². The van der Waals surface area contributed by atoms with Gasteiger partial charge in [0.1, 0.15) is 24.1 Å². The van der Waals surface area contributed by atoms with Crippen LogP contribution in [0, 0.1) is 0 Å². The Labute approximate surface area is 110 Å². The Morgan fingerprint density at radius 3 is 2.70 bits per heavy atom. The molecule has 1 fully saturated rings. The van der Waals surface area contributed by atoms with Crippen LogP contribution in [-0.4, -0.2) is 49.8 Å². The van der Waals surface area contributed by atoms with Crippen molar-refractivity contribution in [3.05, 3.63) is 37.3 Å². The predicted octanol–water partition coefficient (Wildman–Crippen LogP) is -1.91. The molecule has 0 amide bonds. The summed E-state index contributed by atoms with van der Waals surface area (Å²) in [5, 5.41) is 31.6. The second-order valence-corrected chi connectivity index (χ2v) is 4.09. The third kappa shape index (κ3) is 2.31. The van der Waals surface area contributed by atoms with Crippen LogP contribution < -0.4 is 11.2 Å². The number of hydrogen-bond acceptors (Lipinski definition) is 7. The van der Waals surface area contributed by atoms with Gasteiger partial charge in [-0.1, -0.05) is 0 Å². The first-order valence-electron chi connectivity index (χ1n) is 5.53. The molecule has 2 rings (SSSR count). The zero-order chi connectivity index (χ0) is 14.9. The first-order chi connectivity index (χ1) is 9.49. The highest BCUT2D eigenvalue weighted by molar-refractivity contribution is 5.26. The Hall–Kier alpha value is -2.17. The minimum Gasteiger partial charge on any atom is -0.394 e. The number of ether oxygens (including phenoxy) is 1. The molecule has 0 aromatic carbocycles. The fourth-order valence-corrected chi connectivity index (χ4v) is 1.95. The molecule has 4 N–H and O–H groups in total. The van der Waals surface area contributed by atoms with Crippen LogP contribution in [0.5, 0.6) is 0 Å². The summed E-state index contributed by atoms with van der Waals surface area (Å²) in [5.74, 6) is -0.379. The van der Waals surface area contributed by atoms with Gasteiger partial charge < -0.3 is 20.1 Å². The van der Waals surface area contributed by atoms with Crippen molar-refractivity contribution >= 4 is 5.82 Å².